The Kier molecular flexibility index (Phi) is 14.7. The minimum atomic E-state index is -0.540. The first kappa shape index (κ1) is 42.2. The molecule has 2 fully saturated rings. The van der Waals surface area contributed by atoms with Crippen molar-refractivity contribution in [2.24, 2.45) is 23.3 Å². The number of benzene rings is 2. The SMILES string of the molecule is Cl.N[C@@H](C[Se][Se]C[C@H](N)C(=O)N1CCn2nc(-c3ccccc3)cc2C1CC1CCCCC1)C(=O)N1CCn2nc(-c3ccccc3)cc2C1CC1CCCCC1. The third-order valence-corrected chi connectivity index (χ3v) is 19.9. The summed E-state index contributed by atoms with van der Waals surface area (Å²) in [5.41, 5.74) is 19.9. The summed E-state index contributed by atoms with van der Waals surface area (Å²) in [6, 6.07) is 24.0. The van der Waals surface area contributed by atoms with Crippen molar-refractivity contribution in [1.29, 1.82) is 0 Å². The molecule has 4 aliphatic rings. The third-order valence-electron chi connectivity index (χ3n) is 12.6. The molecule has 2 aromatic heterocycles. The van der Waals surface area contributed by atoms with Gasteiger partial charge in [-0.3, -0.25) is 0 Å². The van der Waals surface area contributed by atoms with Crippen molar-refractivity contribution in [3.8, 4) is 22.5 Å². The first-order valence-corrected chi connectivity index (χ1v) is 27.8. The molecule has 10 nitrogen and oxygen atoms in total. The zero-order chi connectivity index (χ0) is 38.4. The van der Waals surface area contributed by atoms with Crippen LogP contribution < -0.4 is 11.5 Å². The van der Waals surface area contributed by atoms with E-state index in [4.69, 9.17) is 21.7 Å². The summed E-state index contributed by atoms with van der Waals surface area (Å²) in [7, 11) is 0. The molecule has 2 aliphatic heterocycles. The van der Waals surface area contributed by atoms with E-state index >= 15 is 0 Å². The van der Waals surface area contributed by atoms with Crippen molar-refractivity contribution in [2.75, 3.05) is 13.1 Å². The Morgan fingerprint density at radius 1 is 0.596 bits per heavy atom. The van der Waals surface area contributed by atoms with Gasteiger partial charge in [0.15, 0.2) is 0 Å². The number of fused-ring (bicyclic) bond motifs is 2. The Labute approximate surface area is 355 Å². The van der Waals surface area contributed by atoms with Gasteiger partial charge in [-0.25, -0.2) is 0 Å². The van der Waals surface area contributed by atoms with Crippen LogP contribution in [-0.4, -0.2) is 92.6 Å². The predicted molar refractivity (Wildman–Crippen MR) is 231 cm³/mol. The summed E-state index contributed by atoms with van der Waals surface area (Å²) in [5, 5.41) is 11.3. The molecule has 4 N–H and O–H groups in total. The Hall–Kier alpha value is -2.95. The fraction of sp³-hybridized carbons (Fsp3) is 0.545. The quantitative estimate of drug-likeness (QED) is 0.109. The molecule has 2 amide bonds. The number of nitrogens with zero attached hydrogens (tertiary/aromatic N) is 6. The number of hydrogen-bond donors (Lipinski definition) is 2. The molecule has 2 aliphatic carbocycles. The Morgan fingerprint density at radius 3 is 1.37 bits per heavy atom. The topological polar surface area (TPSA) is 128 Å². The van der Waals surface area contributed by atoms with Crippen LogP contribution >= 0.6 is 12.4 Å². The van der Waals surface area contributed by atoms with E-state index in [1.807, 2.05) is 36.4 Å². The number of nitrogens with two attached hydrogens (primary N) is 2. The average Bonchev–Trinajstić information content (AvgIpc) is 3.89. The molecular weight excluding hydrogens is 866 g/mol. The molecule has 2 saturated carbocycles. The molecule has 0 spiro atoms. The van der Waals surface area contributed by atoms with Gasteiger partial charge in [-0.1, -0.05) is 0 Å². The molecule has 4 atom stereocenters. The monoisotopic (exact) mass is 926 g/mol. The van der Waals surface area contributed by atoms with Crippen molar-refractivity contribution in [2.45, 2.75) is 125 Å². The van der Waals surface area contributed by atoms with Crippen LogP contribution in [0.15, 0.2) is 72.8 Å². The average molecular weight is 925 g/mol. The Bertz CT molecular complexity index is 1780. The van der Waals surface area contributed by atoms with E-state index in [-0.39, 0.29) is 62.6 Å². The van der Waals surface area contributed by atoms with Crippen molar-refractivity contribution in [1.82, 2.24) is 29.4 Å². The maximum atomic E-state index is 14.2. The molecule has 8 rings (SSSR count). The van der Waals surface area contributed by atoms with Gasteiger partial charge in [-0.05, 0) is 0 Å². The van der Waals surface area contributed by atoms with Gasteiger partial charge in [0.2, 0.25) is 0 Å². The molecule has 306 valence electrons. The molecular formula is C44H59ClN8O2Se2. The van der Waals surface area contributed by atoms with Crippen LogP contribution in [0.1, 0.15) is 101 Å². The van der Waals surface area contributed by atoms with E-state index in [1.54, 1.807) is 0 Å². The van der Waals surface area contributed by atoms with Crippen molar-refractivity contribution >= 4 is 50.5 Å². The van der Waals surface area contributed by atoms with Crippen LogP contribution in [0.5, 0.6) is 0 Å². The standard InChI is InChI=1S/C44H58N8O2Se2.ClH/c45-35(43(53)49-21-23-51-41(39(49)25-31-13-5-1-6-14-31)27-37(47-51)33-17-9-3-10-18-33)29-55-56-30-36(46)44(54)50-22-24-52-42(40(50)26-32-15-7-2-8-16-32)28-38(48-52)34-19-11-4-12-20-34;/h3-4,9-12,17-20,27-28,31-32,35-36,39-40H,1-2,5-8,13-16,21-26,29-30,45-46H2;1H/t35-,36-,39?,40?;/m0./s1. The maximum absolute atomic E-state index is 14.2. The number of hydrogen-bond acceptors (Lipinski definition) is 6. The molecule has 4 aromatic rings. The third kappa shape index (κ3) is 9.92. The van der Waals surface area contributed by atoms with Gasteiger partial charge in [0.1, 0.15) is 0 Å². The van der Waals surface area contributed by atoms with E-state index in [1.165, 1.54) is 64.2 Å². The van der Waals surface area contributed by atoms with E-state index in [0.717, 1.165) is 46.7 Å². The summed E-state index contributed by atoms with van der Waals surface area (Å²) in [4.78, 5) is 32.5. The fourth-order valence-electron chi connectivity index (χ4n) is 9.61. The van der Waals surface area contributed by atoms with Gasteiger partial charge < -0.3 is 0 Å². The van der Waals surface area contributed by atoms with Crippen molar-refractivity contribution in [3.63, 3.8) is 0 Å². The van der Waals surface area contributed by atoms with Gasteiger partial charge in [0.05, 0.1) is 0 Å². The van der Waals surface area contributed by atoms with Gasteiger partial charge in [-0.15, -0.1) is 12.4 Å². The molecule has 2 aromatic carbocycles. The number of carbonyl (C=O) groups is 2. The molecule has 2 unspecified atom stereocenters. The molecule has 0 saturated heterocycles. The van der Waals surface area contributed by atoms with Crippen LogP contribution in [0.2, 0.25) is 10.6 Å². The van der Waals surface area contributed by atoms with Crippen LogP contribution in [0.25, 0.3) is 22.5 Å². The number of halogens is 1. The molecule has 57 heavy (non-hydrogen) atoms. The number of carbonyl (C=O) groups excluding carboxylic acids is 2. The van der Waals surface area contributed by atoms with Gasteiger partial charge in [0, 0.05) is 0 Å². The van der Waals surface area contributed by atoms with E-state index in [9.17, 15) is 9.59 Å². The van der Waals surface area contributed by atoms with Gasteiger partial charge in [0.25, 0.3) is 0 Å². The molecule has 4 heterocycles. The minimum absolute atomic E-state index is 0. The van der Waals surface area contributed by atoms with Crippen LogP contribution in [-0.2, 0) is 22.7 Å². The van der Waals surface area contributed by atoms with Crippen molar-refractivity contribution in [3.05, 3.63) is 84.2 Å². The normalized spacial score (nSPS) is 21.3. The second kappa shape index (κ2) is 19.9. The molecule has 13 heteroatoms. The zero-order valence-corrected chi connectivity index (χ0v) is 37.2. The van der Waals surface area contributed by atoms with E-state index < -0.39 is 12.1 Å². The van der Waals surface area contributed by atoms with Crippen LogP contribution in [0.3, 0.4) is 0 Å². The van der Waals surface area contributed by atoms with E-state index in [0.29, 0.717) is 48.7 Å². The fourth-order valence-corrected chi connectivity index (χ4v) is 16.5. The Morgan fingerprint density at radius 2 is 0.982 bits per heavy atom. The second-order valence-electron chi connectivity index (χ2n) is 16.4. The van der Waals surface area contributed by atoms with Crippen LogP contribution in [0, 0.1) is 11.8 Å². The first-order chi connectivity index (χ1) is 27.4. The summed E-state index contributed by atoms with van der Waals surface area (Å²) in [5.74, 6) is 1.34. The van der Waals surface area contributed by atoms with Crippen LogP contribution in [0.4, 0.5) is 0 Å². The summed E-state index contributed by atoms with van der Waals surface area (Å²) < 4.78 is 4.27. The summed E-state index contributed by atoms with van der Waals surface area (Å²) in [6.07, 6.45) is 14.6. The van der Waals surface area contributed by atoms with Gasteiger partial charge in [-0.2, -0.15) is 0 Å². The molecule has 0 radical (unpaired) electrons. The van der Waals surface area contributed by atoms with Crippen molar-refractivity contribution < 1.29 is 9.59 Å². The summed E-state index contributed by atoms with van der Waals surface area (Å²) >= 11 is 0.312. The number of rotatable bonds is 13. The molecule has 0 bridgehead atoms. The van der Waals surface area contributed by atoms with Gasteiger partial charge >= 0.3 is 345 Å². The predicted octanol–water partition coefficient (Wildman–Crippen LogP) is 7.06. The number of amides is 2. The zero-order valence-electron chi connectivity index (χ0n) is 33.0. The summed E-state index contributed by atoms with van der Waals surface area (Å²) in [6.45, 7) is 2.63. The number of aromatic nitrogens is 4. The Balaban J connectivity index is 0.00000496. The second-order valence-corrected chi connectivity index (χ2v) is 24.0. The first-order valence-electron chi connectivity index (χ1n) is 21.1. The van der Waals surface area contributed by atoms with E-state index in [2.05, 4.69) is 55.6 Å².